The lowest BCUT2D eigenvalue weighted by atomic mass is 9.76. The zero-order valence-corrected chi connectivity index (χ0v) is 8.15. The molecule has 0 aromatic carbocycles. The third-order valence-electron chi connectivity index (χ3n) is 1.91. The molecule has 11 heavy (non-hydrogen) atoms. The minimum atomic E-state index is -0.882. The number of carbonyl (C=O) groups excluding carboxylic acids is 1. The molecule has 0 aliphatic heterocycles. The summed E-state index contributed by atoms with van der Waals surface area (Å²) >= 11 is 0. The first kappa shape index (κ1) is 9.31. The Balaban J connectivity index is 2.57. The predicted octanol–water partition coefficient (Wildman–Crippen LogP) is 0.570. The van der Waals surface area contributed by atoms with Crippen LogP contribution in [0.15, 0.2) is 0 Å². The van der Waals surface area contributed by atoms with Crippen LogP contribution in [-0.4, -0.2) is 17.7 Å². The first-order chi connectivity index (χ1) is 5.14. The molecule has 64 valence electrons. The van der Waals surface area contributed by atoms with Gasteiger partial charge < -0.3 is 4.52 Å². The van der Waals surface area contributed by atoms with Crippen LogP contribution in [0.3, 0.4) is 0 Å². The maximum atomic E-state index is 12.4. The number of hydrogen-bond acceptors (Lipinski definition) is 3. The summed E-state index contributed by atoms with van der Waals surface area (Å²) in [5.74, 6) is -0.425. The number of rotatable bonds is 2. The van der Waals surface area contributed by atoms with Crippen LogP contribution >= 0.6 is 18.9 Å². The topological polar surface area (TPSA) is 38.3 Å². The fourth-order valence-electron chi connectivity index (χ4n) is 1.15. The Labute approximate surface area is 69.0 Å². The predicted molar refractivity (Wildman–Crippen MR) is 45.5 cm³/mol. The summed E-state index contributed by atoms with van der Waals surface area (Å²) in [7, 11) is 4.07. The lowest BCUT2D eigenvalue weighted by Crippen LogP contribution is -2.58. The van der Waals surface area contributed by atoms with Gasteiger partial charge in [-0.2, -0.15) is 0 Å². The Morgan fingerprint density at radius 3 is 2.55 bits per heavy atom. The molecule has 1 aliphatic carbocycles. The minimum Gasteiger partial charge on any atom is -0.450 e. The molecule has 3 nitrogen and oxygen atoms in total. The van der Waals surface area contributed by atoms with Crippen molar-refractivity contribution in [1.82, 2.24) is 5.09 Å². The molecule has 0 saturated heterocycles. The van der Waals surface area contributed by atoms with Gasteiger partial charge in [-0.1, -0.05) is 9.39 Å². The second-order valence-electron chi connectivity index (χ2n) is 2.64. The molecule has 0 spiro atoms. The SMILES string of the molecule is O=C(OP)[C@]1(NP)C[C@H](F)C1. The Morgan fingerprint density at radius 1 is 1.73 bits per heavy atom. The van der Waals surface area contributed by atoms with Crippen LogP contribution in [0.1, 0.15) is 12.8 Å². The number of nitrogens with one attached hydrogen (secondary N) is 1. The number of alkyl halides is 1. The zero-order valence-electron chi connectivity index (χ0n) is 5.84. The minimum absolute atomic E-state index is 0.198. The van der Waals surface area contributed by atoms with Gasteiger partial charge in [-0.15, -0.1) is 0 Å². The van der Waals surface area contributed by atoms with Gasteiger partial charge in [0.25, 0.3) is 0 Å². The van der Waals surface area contributed by atoms with Crippen LogP contribution in [0.4, 0.5) is 4.39 Å². The summed E-state index contributed by atoms with van der Waals surface area (Å²) < 4.78 is 16.9. The second kappa shape index (κ2) is 3.30. The van der Waals surface area contributed by atoms with Crippen molar-refractivity contribution in [1.29, 1.82) is 0 Å². The van der Waals surface area contributed by atoms with Crippen LogP contribution < -0.4 is 5.09 Å². The summed E-state index contributed by atoms with van der Waals surface area (Å²) in [4.78, 5) is 11.0. The van der Waals surface area contributed by atoms with Crippen molar-refractivity contribution in [3.05, 3.63) is 0 Å². The van der Waals surface area contributed by atoms with Gasteiger partial charge in [-0.05, 0) is 0 Å². The molecule has 1 fully saturated rings. The largest absolute Gasteiger partial charge is 0.450 e. The van der Waals surface area contributed by atoms with Gasteiger partial charge in [0, 0.05) is 12.8 Å². The molecule has 0 radical (unpaired) electrons. The van der Waals surface area contributed by atoms with Crippen molar-refractivity contribution >= 4 is 24.8 Å². The van der Waals surface area contributed by atoms with Crippen molar-refractivity contribution in [2.75, 3.05) is 0 Å². The lowest BCUT2D eigenvalue weighted by molar-refractivity contribution is -0.146. The first-order valence-corrected chi connectivity index (χ1v) is 4.22. The summed E-state index contributed by atoms with van der Waals surface area (Å²) in [6.45, 7) is 0. The molecule has 0 bridgehead atoms. The van der Waals surface area contributed by atoms with Crippen molar-refractivity contribution < 1.29 is 13.7 Å². The van der Waals surface area contributed by atoms with Gasteiger partial charge in [0.15, 0.2) is 0 Å². The number of carbonyl (C=O) groups is 1. The Bertz CT molecular complexity index is 172. The molecule has 6 heteroatoms. The molecule has 0 heterocycles. The smallest absolute Gasteiger partial charge is 0.328 e. The fraction of sp³-hybridized carbons (Fsp3) is 0.800. The average Bonchev–Trinajstić information content (AvgIpc) is 1.96. The third kappa shape index (κ3) is 1.53. The monoisotopic (exact) mass is 197 g/mol. The van der Waals surface area contributed by atoms with Gasteiger partial charge in [0.05, 0.1) is 9.47 Å². The number of hydrogen-bond donors (Lipinski definition) is 1. The molecule has 1 rings (SSSR count). The highest BCUT2D eigenvalue weighted by molar-refractivity contribution is 7.14. The van der Waals surface area contributed by atoms with Crippen molar-refractivity contribution in [3.63, 3.8) is 0 Å². The maximum Gasteiger partial charge on any atom is 0.328 e. The Morgan fingerprint density at radius 2 is 2.27 bits per heavy atom. The summed E-state index contributed by atoms with van der Waals surface area (Å²) in [6.07, 6.45) is -0.486. The van der Waals surface area contributed by atoms with Crippen LogP contribution in [0.5, 0.6) is 0 Å². The standard InChI is InChI=1S/C5H10FNO2P2/c6-3-1-5(2-3,7-10)4(8)9-11/h3,7H,1-2,10-11H2/t3-,5-. The summed E-state index contributed by atoms with van der Waals surface area (Å²) in [6, 6.07) is 0. The van der Waals surface area contributed by atoms with E-state index in [1.165, 1.54) is 0 Å². The molecule has 1 N–H and O–H groups in total. The highest BCUT2D eigenvalue weighted by Crippen LogP contribution is 2.36. The summed E-state index contributed by atoms with van der Waals surface area (Å²) in [5.41, 5.74) is -0.800. The van der Waals surface area contributed by atoms with Gasteiger partial charge in [-0.3, -0.25) is 5.09 Å². The highest BCUT2D eigenvalue weighted by Gasteiger charge is 2.50. The van der Waals surface area contributed by atoms with E-state index in [1.54, 1.807) is 0 Å². The molecular weight excluding hydrogens is 187 g/mol. The highest BCUT2D eigenvalue weighted by atomic mass is 31.0. The lowest BCUT2D eigenvalue weighted by Gasteiger charge is -2.40. The average molecular weight is 197 g/mol. The van der Waals surface area contributed by atoms with Crippen molar-refractivity contribution in [3.8, 4) is 0 Å². The second-order valence-corrected chi connectivity index (χ2v) is 3.16. The Hall–Kier alpha value is 0.220. The van der Waals surface area contributed by atoms with Crippen LogP contribution in [-0.2, 0) is 9.32 Å². The van der Waals surface area contributed by atoms with E-state index < -0.39 is 17.7 Å². The molecular formula is C5H10FNO2P2. The molecule has 0 aromatic rings. The van der Waals surface area contributed by atoms with E-state index in [1.807, 2.05) is 9.47 Å². The van der Waals surface area contributed by atoms with E-state index in [-0.39, 0.29) is 12.8 Å². The van der Waals surface area contributed by atoms with Crippen LogP contribution in [0.2, 0.25) is 0 Å². The Kier molecular flexibility index (Phi) is 2.79. The normalized spacial score (nSPS) is 36.1. The van der Waals surface area contributed by atoms with E-state index in [2.05, 4.69) is 19.0 Å². The zero-order chi connectivity index (χ0) is 8.48. The molecule has 1 aliphatic rings. The molecule has 0 aromatic heterocycles. The van der Waals surface area contributed by atoms with E-state index in [0.717, 1.165) is 0 Å². The summed E-state index contributed by atoms with van der Waals surface area (Å²) in [5, 5.41) is 2.68. The maximum absolute atomic E-state index is 12.4. The molecule has 0 amide bonds. The van der Waals surface area contributed by atoms with Gasteiger partial charge in [-0.25, -0.2) is 9.18 Å². The molecule has 1 saturated carbocycles. The fourth-order valence-corrected chi connectivity index (χ4v) is 1.73. The molecule has 2 atom stereocenters. The van der Waals surface area contributed by atoms with Crippen molar-refractivity contribution in [2.24, 2.45) is 0 Å². The van der Waals surface area contributed by atoms with Crippen LogP contribution in [0, 0.1) is 0 Å². The first-order valence-electron chi connectivity index (χ1n) is 3.17. The van der Waals surface area contributed by atoms with Gasteiger partial charge in [0.1, 0.15) is 11.7 Å². The van der Waals surface area contributed by atoms with Gasteiger partial charge >= 0.3 is 5.97 Å². The molecule has 2 unspecified atom stereocenters. The number of halogens is 1. The van der Waals surface area contributed by atoms with E-state index in [9.17, 15) is 9.18 Å². The van der Waals surface area contributed by atoms with Crippen molar-refractivity contribution in [2.45, 2.75) is 24.6 Å². The van der Waals surface area contributed by atoms with E-state index in [0.29, 0.717) is 0 Å². The van der Waals surface area contributed by atoms with E-state index in [4.69, 9.17) is 0 Å². The quantitative estimate of drug-likeness (QED) is 0.657. The van der Waals surface area contributed by atoms with E-state index >= 15 is 0 Å². The third-order valence-corrected chi connectivity index (χ3v) is 2.68. The van der Waals surface area contributed by atoms with Gasteiger partial charge in [0.2, 0.25) is 0 Å². The van der Waals surface area contributed by atoms with Crippen LogP contribution in [0.25, 0.3) is 0 Å².